The van der Waals surface area contributed by atoms with Crippen molar-refractivity contribution in [1.29, 1.82) is 0 Å². The van der Waals surface area contributed by atoms with Crippen LogP contribution in [0.5, 0.6) is 11.5 Å². The number of thioether (sulfide) groups is 1. The second-order valence-electron chi connectivity index (χ2n) is 5.26. The Kier molecular flexibility index (Phi) is 7.67. The van der Waals surface area contributed by atoms with E-state index >= 15 is 0 Å². The molecule has 0 saturated carbocycles. The van der Waals surface area contributed by atoms with Gasteiger partial charge in [0, 0.05) is 11.4 Å². The number of carbonyl (C=O) groups excluding carboxylic acids is 1. The Balaban J connectivity index is 2.08. The smallest absolute Gasteiger partial charge is 0.252 e. The summed E-state index contributed by atoms with van der Waals surface area (Å²) in [5.74, 6) is 2.30. The van der Waals surface area contributed by atoms with Crippen molar-refractivity contribution in [3.63, 3.8) is 0 Å². The van der Waals surface area contributed by atoms with Crippen LogP contribution < -0.4 is 14.8 Å². The lowest BCUT2D eigenvalue weighted by Crippen LogP contribution is -2.23. The number of carbonyl (C=O) groups is 1. The number of hydrogen-bond donors (Lipinski definition) is 1. The molecule has 2 aromatic rings. The van der Waals surface area contributed by atoms with Gasteiger partial charge in [-0.2, -0.15) is 0 Å². The standard InChI is InChI=1S/C20H25NO3S/c1-4-23-17-12-11-15(13-18(17)24-5-2)14-21-20(22)16-9-7-8-10-19(16)25-6-3/h7-13H,4-6,14H2,1-3H3,(H,21,22). The van der Waals surface area contributed by atoms with E-state index < -0.39 is 0 Å². The van der Waals surface area contributed by atoms with Gasteiger partial charge in [0.2, 0.25) is 0 Å². The molecule has 0 aliphatic rings. The SMILES string of the molecule is CCOc1ccc(CNC(=O)c2ccccc2SCC)cc1OCC. The maximum Gasteiger partial charge on any atom is 0.252 e. The molecule has 25 heavy (non-hydrogen) atoms. The minimum absolute atomic E-state index is 0.0663. The van der Waals surface area contributed by atoms with Gasteiger partial charge in [-0.15, -0.1) is 11.8 Å². The molecule has 134 valence electrons. The number of nitrogens with one attached hydrogen (secondary N) is 1. The highest BCUT2D eigenvalue weighted by Gasteiger charge is 2.11. The van der Waals surface area contributed by atoms with Crippen molar-refractivity contribution in [3.05, 3.63) is 53.6 Å². The van der Waals surface area contributed by atoms with E-state index in [2.05, 4.69) is 12.2 Å². The lowest BCUT2D eigenvalue weighted by molar-refractivity contribution is 0.0948. The molecule has 0 saturated heterocycles. The van der Waals surface area contributed by atoms with E-state index in [9.17, 15) is 4.79 Å². The van der Waals surface area contributed by atoms with Crippen LogP contribution in [-0.4, -0.2) is 24.9 Å². The predicted molar refractivity (Wildman–Crippen MR) is 103 cm³/mol. The second-order valence-corrected chi connectivity index (χ2v) is 6.56. The van der Waals surface area contributed by atoms with Gasteiger partial charge < -0.3 is 14.8 Å². The van der Waals surface area contributed by atoms with Crippen molar-refractivity contribution >= 4 is 17.7 Å². The first-order chi connectivity index (χ1) is 12.2. The van der Waals surface area contributed by atoms with E-state index in [1.54, 1.807) is 11.8 Å². The third kappa shape index (κ3) is 5.43. The first-order valence-corrected chi connectivity index (χ1v) is 9.56. The molecule has 0 aromatic heterocycles. The average Bonchev–Trinajstić information content (AvgIpc) is 2.63. The third-order valence-corrected chi connectivity index (χ3v) is 4.45. The molecular formula is C20H25NO3S. The van der Waals surface area contributed by atoms with Crippen LogP contribution in [0.25, 0.3) is 0 Å². The summed E-state index contributed by atoms with van der Waals surface area (Å²) in [6.45, 7) is 7.55. The van der Waals surface area contributed by atoms with Gasteiger partial charge in [0.1, 0.15) is 0 Å². The van der Waals surface area contributed by atoms with Crippen molar-refractivity contribution in [2.24, 2.45) is 0 Å². The molecule has 1 N–H and O–H groups in total. The Bertz CT molecular complexity index is 703. The summed E-state index contributed by atoms with van der Waals surface area (Å²) in [6, 6.07) is 13.4. The summed E-state index contributed by atoms with van der Waals surface area (Å²) >= 11 is 1.67. The largest absolute Gasteiger partial charge is 0.490 e. The van der Waals surface area contributed by atoms with Gasteiger partial charge >= 0.3 is 0 Å². The fraction of sp³-hybridized carbons (Fsp3) is 0.350. The minimum atomic E-state index is -0.0663. The zero-order valence-electron chi connectivity index (χ0n) is 15.0. The van der Waals surface area contributed by atoms with Gasteiger partial charge in [0.15, 0.2) is 11.5 Å². The first-order valence-electron chi connectivity index (χ1n) is 8.58. The second kappa shape index (κ2) is 9.99. The fourth-order valence-corrected chi connectivity index (χ4v) is 3.22. The molecule has 0 bridgehead atoms. The Morgan fingerprint density at radius 1 is 1.00 bits per heavy atom. The molecule has 0 aliphatic heterocycles. The summed E-state index contributed by atoms with van der Waals surface area (Å²) in [7, 11) is 0. The van der Waals surface area contributed by atoms with Crippen LogP contribution in [-0.2, 0) is 6.54 Å². The van der Waals surface area contributed by atoms with Gasteiger partial charge in [-0.25, -0.2) is 0 Å². The predicted octanol–water partition coefficient (Wildman–Crippen LogP) is 4.53. The van der Waals surface area contributed by atoms with Crippen molar-refractivity contribution in [2.45, 2.75) is 32.2 Å². The maximum absolute atomic E-state index is 12.5. The van der Waals surface area contributed by atoms with Crippen LogP contribution in [0.15, 0.2) is 47.4 Å². The maximum atomic E-state index is 12.5. The van der Waals surface area contributed by atoms with Crippen LogP contribution in [0, 0.1) is 0 Å². The molecule has 0 aliphatic carbocycles. The average molecular weight is 359 g/mol. The number of ether oxygens (including phenoxy) is 2. The van der Waals surface area contributed by atoms with E-state index in [0.717, 1.165) is 22.0 Å². The summed E-state index contributed by atoms with van der Waals surface area (Å²) in [5.41, 5.74) is 1.69. The van der Waals surface area contributed by atoms with E-state index in [4.69, 9.17) is 9.47 Å². The highest BCUT2D eigenvalue weighted by molar-refractivity contribution is 7.99. The Labute approximate surface area is 153 Å². The molecule has 0 heterocycles. The lowest BCUT2D eigenvalue weighted by atomic mass is 10.1. The number of hydrogen-bond acceptors (Lipinski definition) is 4. The highest BCUT2D eigenvalue weighted by Crippen LogP contribution is 2.28. The fourth-order valence-electron chi connectivity index (χ4n) is 2.42. The monoisotopic (exact) mass is 359 g/mol. The van der Waals surface area contributed by atoms with Crippen molar-refractivity contribution in [1.82, 2.24) is 5.32 Å². The van der Waals surface area contributed by atoms with Crippen LogP contribution >= 0.6 is 11.8 Å². The Morgan fingerprint density at radius 2 is 1.72 bits per heavy atom. The molecule has 2 rings (SSSR count). The highest BCUT2D eigenvalue weighted by atomic mass is 32.2. The molecule has 2 aromatic carbocycles. The normalized spacial score (nSPS) is 10.4. The zero-order valence-corrected chi connectivity index (χ0v) is 15.8. The molecule has 0 radical (unpaired) electrons. The molecule has 5 heteroatoms. The van der Waals surface area contributed by atoms with Crippen molar-refractivity contribution in [2.75, 3.05) is 19.0 Å². The number of amides is 1. The molecule has 0 spiro atoms. The topological polar surface area (TPSA) is 47.6 Å². The van der Waals surface area contributed by atoms with Crippen molar-refractivity contribution in [3.8, 4) is 11.5 Å². The van der Waals surface area contributed by atoms with Crippen LogP contribution in [0.2, 0.25) is 0 Å². The van der Waals surface area contributed by atoms with E-state index in [-0.39, 0.29) is 5.91 Å². The molecule has 1 amide bonds. The Morgan fingerprint density at radius 3 is 2.44 bits per heavy atom. The molecular weight excluding hydrogens is 334 g/mol. The number of benzene rings is 2. The van der Waals surface area contributed by atoms with Gasteiger partial charge in [-0.1, -0.05) is 25.1 Å². The van der Waals surface area contributed by atoms with Crippen LogP contribution in [0.4, 0.5) is 0 Å². The van der Waals surface area contributed by atoms with Crippen LogP contribution in [0.3, 0.4) is 0 Å². The van der Waals surface area contributed by atoms with Gasteiger partial charge in [-0.05, 0) is 49.4 Å². The molecule has 0 atom stereocenters. The molecule has 0 fully saturated rings. The van der Waals surface area contributed by atoms with E-state index in [1.165, 1.54) is 0 Å². The molecule has 0 unspecified atom stereocenters. The molecule has 4 nitrogen and oxygen atoms in total. The quantitative estimate of drug-likeness (QED) is 0.669. The zero-order chi connectivity index (χ0) is 18.1. The summed E-state index contributed by atoms with van der Waals surface area (Å²) in [6.07, 6.45) is 0. The van der Waals surface area contributed by atoms with Gasteiger partial charge in [-0.3, -0.25) is 4.79 Å². The van der Waals surface area contributed by atoms with E-state index in [1.807, 2.05) is 56.3 Å². The summed E-state index contributed by atoms with van der Waals surface area (Å²) in [5, 5.41) is 2.99. The summed E-state index contributed by atoms with van der Waals surface area (Å²) < 4.78 is 11.2. The Hall–Kier alpha value is -2.14. The number of rotatable bonds is 9. The first kappa shape index (κ1) is 19.2. The van der Waals surface area contributed by atoms with Gasteiger partial charge in [0.25, 0.3) is 5.91 Å². The van der Waals surface area contributed by atoms with Gasteiger partial charge in [0.05, 0.1) is 18.8 Å². The summed E-state index contributed by atoms with van der Waals surface area (Å²) in [4.78, 5) is 13.5. The van der Waals surface area contributed by atoms with Crippen LogP contribution in [0.1, 0.15) is 36.7 Å². The van der Waals surface area contributed by atoms with Crippen molar-refractivity contribution < 1.29 is 14.3 Å². The van der Waals surface area contributed by atoms with E-state index in [0.29, 0.717) is 31.1 Å². The minimum Gasteiger partial charge on any atom is -0.490 e. The third-order valence-electron chi connectivity index (χ3n) is 3.49. The lowest BCUT2D eigenvalue weighted by Gasteiger charge is -2.13.